The molecule has 2 amide bonds. The third-order valence-electron chi connectivity index (χ3n) is 7.71. The number of hydrogen-bond acceptors (Lipinski definition) is 9. The topological polar surface area (TPSA) is 132 Å². The molecule has 1 aliphatic rings. The van der Waals surface area contributed by atoms with E-state index >= 15 is 0 Å². The molecule has 0 aliphatic carbocycles. The number of carbonyl (C=O) groups is 2. The third-order valence-corrected chi connectivity index (χ3v) is 8.40. The van der Waals surface area contributed by atoms with Crippen molar-refractivity contribution in [1.82, 2.24) is 20.1 Å². The molecule has 1 fully saturated rings. The van der Waals surface area contributed by atoms with Gasteiger partial charge in [0, 0.05) is 18.7 Å². The number of rotatable bonds is 10. The van der Waals surface area contributed by atoms with E-state index < -0.39 is 24.1 Å². The standard InChI is InChI=1S/C36H38F3N7O5S/c1-23(2)30-14-5-24(3)19-31(30)42-34(52-22-50-35(48)45-15-17-49-18-16-45)43-40-20-26-6-10-28(11-7-26)46-21-32(25(4)44-46)41-33(47)27-8-12-29(13-9-27)51-36(37,38)39/h5-14,19-21,23H,15-18,22H2,1-4H3,(H,41,47)(H,42,43)/b40-20+. The minimum atomic E-state index is -4.82. The number of hydrogen-bond donors (Lipinski definition) is 2. The Kier molecular flexibility index (Phi) is 12.6. The number of aliphatic imine (C=N–C) groups is 1. The number of halogens is 3. The summed E-state index contributed by atoms with van der Waals surface area (Å²) in [7, 11) is 0. The predicted molar refractivity (Wildman–Crippen MR) is 194 cm³/mol. The summed E-state index contributed by atoms with van der Waals surface area (Å²) in [5.41, 5.74) is 8.53. The van der Waals surface area contributed by atoms with Crippen molar-refractivity contribution in [3.05, 3.63) is 101 Å². The molecule has 1 saturated heterocycles. The highest BCUT2D eigenvalue weighted by atomic mass is 32.2. The Morgan fingerprint density at radius 1 is 1.04 bits per heavy atom. The number of thioether (sulfide) groups is 1. The maximum absolute atomic E-state index is 12.7. The van der Waals surface area contributed by atoms with Gasteiger partial charge in [0.1, 0.15) is 11.7 Å². The first-order chi connectivity index (χ1) is 24.8. The van der Waals surface area contributed by atoms with Crippen LogP contribution < -0.4 is 15.5 Å². The van der Waals surface area contributed by atoms with E-state index in [1.807, 2.05) is 43.3 Å². The van der Waals surface area contributed by atoms with Gasteiger partial charge < -0.3 is 24.4 Å². The Morgan fingerprint density at radius 2 is 1.75 bits per heavy atom. The van der Waals surface area contributed by atoms with Gasteiger partial charge in [-0.25, -0.2) is 14.5 Å². The van der Waals surface area contributed by atoms with Crippen LogP contribution in [0.15, 0.2) is 83.0 Å². The van der Waals surface area contributed by atoms with Crippen molar-refractivity contribution in [2.45, 2.75) is 40.0 Å². The fourth-order valence-electron chi connectivity index (χ4n) is 5.00. The van der Waals surface area contributed by atoms with Gasteiger partial charge in [0.25, 0.3) is 5.91 Å². The molecular weight excluding hydrogens is 700 g/mol. The van der Waals surface area contributed by atoms with Gasteiger partial charge in [-0.05, 0) is 90.7 Å². The second-order valence-corrected chi connectivity index (χ2v) is 12.9. The molecule has 16 heteroatoms. The van der Waals surface area contributed by atoms with Crippen molar-refractivity contribution >= 4 is 46.5 Å². The number of amides is 2. The van der Waals surface area contributed by atoms with E-state index in [2.05, 4.69) is 45.6 Å². The van der Waals surface area contributed by atoms with Crippen LogP contribution in [-0.2, 0) is 9.47 Å². The number of nitrogens with zero attached hydrogens (tertiary/aromatic N) is 5. The SMILES string of the molecule is Cc1ccc(C(C)C)c(N=C(N/N=C/c2ccc(-n3cc(NC(=O)c4ccc(OC(F)(F)F)cc4)c(C)n3)cc2)SCOC(=O)N2CCOCC2)c1. The number of aromatic nitrogens is 2. The number of carbonyl (C=O) groups excluding carboxylic acids is 2. The van der Waals surface area contributed by atoms with Crippen LogP contribution in [0.5, 0.6) is 5.75 Å². The number of morpholine rings is 1. The van der Waals surface area contributed by atoms with Crippen molar-refractivity contribution in [2.75, 3.05) is 37.6 Å². The number of benzene rings is 3. The van der Waals surface area contributed by atoms with Crippen LogP contribution in [0, 0.1) is 13.8 Å². The van der Waals surface area contributed by atoms with Gasteiger partial charge >= 0.3 is 12.5 Å². The van der Waals surface area contributed by atoms with Crippen LogP contribution in [-0.4, -0.2) is 76.7 Å². The van der Waals surface area contributed by atoms with E-state index in [9.17, 15) is 22.8 Å². The Hall–Kier alpha value is -5.35. The molecule has 2 N–H and O–H groups in total. The molecule has 4 aromatic rings. The lowest BCUT2D eigenvalue weighted by Gasteiger charge is -2.25. The number of nitrogens with one attached hydrogen (secondary N) is 2. The van der Waals surface area contributed by atoms with E-state index in [-0.39, 0.29) is 17.4 Å². The zero-order chi connectivity index (χ0) is 37.3. The van der Waals surface area contributed by atoms with E-state index in [0.29, 0.717) is 48.5 Å². The fraction of sp³-hybridized carbons (Fsp3) is 0.306. The predicted octanol–water partition coefficient (Wildman–Crippen LogP) is 7.53. The minimum absolute atomic E-state index is 0.0317. The molecule has 5 rings (SSSR count). The smallest absolute Gasteiger partial charge is 0.438 e. The van der Waals surface area contributed by atoms with Gasteiger partial charge in [-0.2, -0.15) is 10.2 Å². The van der Waals surface area contributed by atoms with Crippen LogP contribution in [0.4, 0.5) is 29.3 Å². The Labute approximate surface area is 303 Å². The number of hydrazone groups is 1. The highest BCUT2D eigenvalue weighted by Gasteiger charge is 2.31. The molecule has 0 saturated carbocycles. The van der Waals surface area contributed by atoms with Crippen LogP contribution in [0.2, 0.25) is 0 Å². The summed E-state index contributed by atoms with van der Waals surface area (Å²) in [5, 5.41) is 12.1. The van der Waals surface area contributed by atoms with Crippen molar-refractivity contribution in [2.24, 2.45) is 10.1 Å². The van der Waals surface area contributed by atoms with E-state index in [1.165, 1.54) is 23.9 Å². The molecule has 3 aromatic carbocycles. The van der Waals surface area contributed by atoms with Crippen molar-refractivity contribution in [1.29, 1.82) is 0 Å². The minimum Gasteiger partial charge on any atom is -0.438 e. The summed E-state index contributed by atoms with van der Waals surface area (Å²) < 4.78 is 53.6. The summed E-state index contributed by atoms with van der Waals surface area (Å²) in [4.78, 5) is 31.7. The lowest BCUT2D eigenvalue weighted by molar-refractivity contribution is -0.274. The van der Waals surface area contributed by atoms with E-state index in [0.717, 1.165) is 34.5 Å². The molecule has 12 nitrogen and oxygen atoms in total. The van der Waals surface area contributed by atoms with Crippen molar-refractivity contribution in [3.8, 4) is 11.4 Å². The molecule has 0 bridgehead atoms. The average molecular weight is 738 g/mol. The summed E-state index contributed by atoms with van der Waals surface area (Å²) in [6.07, 6.45) is -1.96. The van der Waals surface area contributed by atoms with Crippen LogP contribution in [0.1, 0.15) is 52.5 Å². The first kappa shape index (κ1) is 37.9. The molecule has 274 valence electrons. The van der Waals surface area contributed by atoms with Crippen LogP contribution >= 0.6 is 11.8 Å². The van der Waals surface area contributed by atoms with Crippen LogP contribution in [0.3, 0.4) is 0 Å². The maximum atomic E-state index is 12.7. The summed E-state index contributed by atoms with van der Waals surface area (Å²) in [6.45, 7) is 9.84. The molecule has 52 heavy (non-hydrogen) atoms. The highest BCUT2D eigenvalue weighted by molar-refractivity contribution is 8.13. The Bertz CT molecular complexity index is 1910. The number of ether oxygens (including phenoxy) is 3. The first-order valence-electron chi connectivity index (χ1n) is 16.3. The monoisotopic (exact) mass is 737 g/mol. The number of amidine groups is 1. The normalized spacial score (nSPS) is 13.8. The zero-order valence-corrected chi connectivity index (χ0v) is 29.8. The largest absolute Gasteiger partial charge is 0.573 e. The molecule has 0 unspecified atom stereocenters. The van der Waals surface area contributed by atoms with Crippen molar-refractivity contribution < 1.29 is 37.0 Å². The van der Waals surface area contributed by atoms with E-state index in [1.54, 1.807) is 28.9 Å². The second-order valence-electron chi connectivity index (χ2n) is 12.0. The highest BCUT2D eigenvalue weighted by Crippen LogP contribution is 2.29. The third kappa shape index (κ3) is 10.8. The summed E-state index contributed by atoms with van der Waals surface area (Å²) in [6, 6.07) is 18.1. The number of alkyl halides is 3. The van der Waals surface area contributed by atoms with Gasteiger partial charge in [0.15, 0.2) is 5.17 Å². The molecule has 0 radical (unpaired) electrons. The Balaban J connectivity index is 1.23. The maximum Gasteiger partial charge on any atom is 0.573 e. The first-order valence-corrected chi connectivity index (χ1v) is 17.3. The quantitative estimate of drug-likeness (QED) is 0.0739. The molecule has 2 heterocycles. The molecular formula is C36H38F3N7O5S. The van der Waals surface area contributed by atoms with Gasteiger partial charge in [-0.1, -0.05) is 38.1 Å². The van der Waals surface area contributed by atoms with Crippen LogP contribution in [0.25, 0.3) is 5.69 Å². The number of anilines is 1. The van der Waals surface area contributed by atoms with Crippen molar-refractivity contribution in [3.63, 3.8) is 0 Å². The molecule has 0 atom stereocenters. The lowest BCUT2D eigenvalue weighted by atomic mass is 10.00. The fourth-order valence-corrected chi connectivity index (χ4v) is 5.55. The van der Waals surface area contributed by atoms with E-state index in [4.69, 9.17) is 14.5 Å². The lowest BCUT2D eigenvalue weighted by Crippen LogP contribution is -2.41. The van der Waals surface area contributed by atoms with Gasteiger partial charge in [0.05, 0.1) is 48.4 Å². The van der Waals surface area contributed by atoms with Gasteiger partial charge in [0.2, 0.25) is 0 Å². The summed E-state index contributed by atoms with van der Waals surface area (Å²) in [5.74, 6) is -0.668. The number of aryl methyl sites for hydroxylation is 2. The van der Waals surface area contributed by atoms with Gasteiger partial charge in [-0.3, -0.25) is 10.2 Å². The molecule has 1 aliphatic heterocycles. The Morgan fingerprint density at radius 3 is 2.42 bits per heavy atom. The van der Waals surface area contributed by atoms with Gasteiger partial charge in [-0.15, -0.1) is 13.2 Å². The second kappa shape index (κ2) is 17.2. The average Bonchev–Trinajstić information content (AvgIpc) is 3.47. The zero-order valence-electron chi connectivity index (χ0n) is 28.9. The molecule has 0 spiro atoms. The molecule has 1 aromatic heterocycles. The summed E-state index contributed by atoms with van der Waals surface area (Å²) >= 11 is 1.21.